The lowest BCUT2D eigenvalue weighted by Crippen LogP contribution is -2.45. The number of amides is 3. The zero-order valence-electron chi connectivity index (χ0n) is 22.9. The van der Waals surface area contributed by atoms with Crippen molar-refractivity contribution < 1.29 is 42.9 Å². The summed E-state index contributed by atoms with van der Waals surface area (Å²) in [4.78, 5) is 48.2. The average molecular weight is 577 g/mol. The van der Waals surface area contributed by atoms with Crippen molar-refractivity contribution in [2.75, 3.05) is 20.3 Å². The van der Waals surface area contributed by atoms with E-state index in [2.05, 4.69) is 21.2 Å². The second-order valence-electron chi connectivity index (χ2n) is 8.87. The van der Waals surface area contributed by atoms with E-state index in [9.17, 15) is 19.2 Å². The van der Waals surface area contributed by atoms with Crippen LogP contribution in [0.3, 0.4) is 0 Å². The van der Waals surface area contributed by atoms with Gasteiger partial charge in [0.25, 0.3) is 5.91 Å². The molecule has 0 fully saturated rings. The van der Waals surface area contributed by atoms with Crippen molar-refractivity contribution in [3.63, 3.8) is 0 Å². The van der Waals surface area contributed by atoms with Crippen LogP contribution in [0.2, 0.25) is 0 Å². The third-order valence-electron chi connectivity index (χ3n) is 6.05. The Labute approximate surface area is 240 Å². The Balaban J connectivity index is 1.37. The standard InChI is InChI=1S/C29H28N4O9/c1-4-40-28(37)25-16(2)31-29(38)32-26(25)18-8-10-22(23(13-18)39-3)41-15-24(34)33-30-14-20-9-11-21(42-20)17-6-5-7-19(12-17)27(35)36/h5-14,26H,4,15H2,1-3H3,(H,33,34)(H,35,36)(H2,31,32,38)/b30-14-/t26-/m0/s1. The molecule has 4 rings (SSSR count). The maximum absolute atomic E-state index is 12.6. The molecule has 2 aromatic carbocycles. The van der Waals surface area contributed by atoms with E-state index >= 15 is 0 Å². The minimum Gasteiger partial charge on any atom is -0.493 e. The molecule has 1 aliphatic heterocycles. The molecule has 0 saturated carbocycles. The van der Waals surface area contributed by atoms with Crippen LogP contribution in [0.5, 0.6) is 11.5 Å². The molecule has 1 aliphatic rings. The summed E-state index contributed by atoms with van der Waals surface area (Å²) in [7, 11) is 1.42. The van der Waals surface area contributed by atoms with Gasteiger partial charge in [-0.15, -0.1) is 0 Å². The number of furan rings is 1. The van der Waals surface area contributed by atoms with Gasteiger partial charge >= 0.3 is 18.0 Å². The summed E-state index contributed by atoms with van der Waals surface area (Å²) >= 11 is 0. The van der Waals surface area contributed by atoms with Gasteiger partial charge in [0.15, 0.2) is 18.1 Å². The molecule has 2 heterocycles. The normalized spacial score (nSPS) is 14.6. The van der Waals surface area contributed by atoms with E-state index in [0.717, 1.165) is 0 Å². The zero-order chi connectivity index (χ0) is 30.2. The van der Waals surface area contributed by atoms with Gasteiger partial charge < -0.3 is 34.4 Å². The van der Waals surface area contributed by atoms with Crippen LogP contribution < -0.4 is 25.5 Å². The molecule has 1 aromatic heterocycles. The lowest BCUT2D eigenvalue weighted by atomic mass is 9.95. The molecule has 3 aromatic rings. The number of carboxylic acids is 1. The van der Waals surface area contributed by atoms with Crippen LogP contribution in [0, 0.1) is 0 Å². The Morgan fingerprint density at radius 2 is 1.93 bits per heavy atom. The fraction of sp³-hybridized carbons (Fsp3) is 0.207. The molecular formula is C29H28N4O9. The Morgan fingerprint density at radius 1 is 1.12 bits per heavy atom. The molecule has 1 atom stereocenters. The maximum atomic E-state index is 12.6. The minimum atomic E-state index is -1.05. The number of aromatic carboxylic acids is 1. The van der Waals surface area contributed by atoms with Crippen molar-refractivity contribution in [1.82, 2.24) is 16.1 Å². The lowest BCUT2D eigenvalue weighted by Gasteiger charge is -2.28. The van der Waals surface area contributed by atoms with Crippen LogP contribution in [0.1, 0.15) is 41.6 Å². The molecule has 0 spiro atoms. The highest BCUT2D eigenvalue weighted by Crippen LogP contribution is 2.34. The minimum absolute atomic E-state index is 0.129. The summed E-state index contributed by atoms with van der Waals surface area (Å²) in [5.41, 5.74) is 4.20. The van der Waals surface area contributed by atoms with E-state index < -0.39 is 36.5 Å². The number of carbonyl (C=O) groups is 4. The number of ether oxygens (including phenoxy) is 3. The van der Waals surface area contributed by atoms with Gasteiger partial charge in [-0.1, -0.05) is 18.2 Å². The Hall–Kier alpha value is -5.59. The molecular weight excluding hydrogens is 548 g/mol. The van der Waals surface area contributed by atoms with Gasteiger partial charge in [-0.05, 0) is 55.8 Å². The number of urea groups is 1. The number of methoxy groups -OCH3 is 1. The summed E-state index contributed by atoms with van der Waals surface area (Å²) in [6, 6.07) is 13.1. The Kier molecular flexibility index (Phi) is 9.22. The molecule has 13 heteroatoms. The summed E-state index contributed by atoms with van der Waals surface area (Å²) in [6.07, 6.45) is 1.29. The van der Waals surface area contributed by atoms with Crippen LogP contribution in [-0.2, 0) is 14.3 Å². The van der Waals surface area contributed by atoms with Gasteiger partial charge in [0.2, 0.25) is 0 Å². The smallest absolute Gasteiger partial charge is 0.338 e. The summed E-state index contributed by atoms with van der Waals surface area (Å²) in [5.74, 6) is -0.885. The average Bonchev–Trinajstić information content (AvgIpc) is 3.44. The molecule has 218 valence electrons. The second kappa shape index (κ2) is 13.2. The molecule has 13 nitrogen and oxygen atoms in total. The second-order valence-corrected chi connectivity index (χ2v) is 8.87. The summed E-state index contributed by atoms with van der Waals surface area (Å²) < 4.78 is 21.8. The number of rotatable bonds is 11. The molecule has 4 N–H and O–H groups in total. The van der Waals surface area contributed by atoms with Gasteiger partial charge in [0, 0.05) is 11.3 Å². The van der Waals surface area contributed by atoms with Crippen LogP contribution in [-0.4, -0.2) is 55.5 Å². The summed E-state index contributed by atoms with van der Waals surface area (Å²) in [5, 5.41) is 18.3. The van der Waals surface area contributed by atoms with Crippen molar-refractivity contribution >= 4 is 30.1 Å². The van der Waals surface area contributed by atoms with E-state index in [1.165, 1.54) is 25.5 Å². The van der Waals surface area contributed by atoms with Crippen molar-refractivity contribution in [3.8, 4) is 22.8 Å². The number of hydrazone groups is 1. The number of esters is 1. The predicted molar refractivity (Wildman–Crippen MR) is 149 cm³/mol. The number of allylic oxidation sites excluding steroid dienone is 1. The highest BCUT2D eigenvalue weighted by Gasteiger charge is 2.32. The molecule has 0 aliphatic carbocycles. The van der Waals surface area contributed by atoms with E-state index in [0.29, 0.717) is 28.3 Å². The van der Waals surface area contributed by atoms with E-state index in [1.54, 1.807) is 56.3 Å². The van der Waals surface area contributed by atoms with Crippen molar-refractivity contribution in [3.05, 3.63) is 82.8 Å². The first-order valence-electron chi connectivity index (χ1n) is 12.7. The number of carboxylic acid groups (broad SMARTS) is 1. The van der Waals surface area contributed by atoms with Crippen molar-refractivity contribution in [2.45, 2.75) is 19.9 Å². The van der Waals surface area contributed by atoms with E-state index in [1.807, 2.05) is 0 Å². The monoisotopic (exact) mass is 576 g/mol. The van der Waals surface area contributed by atoms with Gasteiger partial charge in [-0.25, -0.2) is 19.8 Å². The lowest BCUT2D eigenvalue weighted by molar-refractivity contribution is -0.139. The molecule has 3 amide bonds. The van der Waals surface area contributed by atoms with Crippen LogP contribution >= 0.6 is 0 Å². The predicted octanol–water partition coefficient (Wildman–Crippen LogP) is 3.37. The van der Waals surface area contributed by atoms with Crippen LogP contribution in [0.15, 0.2) is 75.4 Å². The zero-order valence-corrected chi connectivity index (χ0v) is 22.9. The molecule has 0 bridgehead atoms. The molecule has 0 saturated heterocycles. The Morgan fingerprint density at radius 3 is 2.67 bits per heavy atom. The summed E-state index contributed by atoms with van der Waals surface area (Å²) in [6.45, 7) is 3.07. The molecule has 42 heavy (non-hydrogen) atoms. The third kappa shape index (κ3) is 6.94. The van der Waals surface area contributed by atoms with Gasteiger partial charge in [0.05, 0.1) is 37.1 Å². The topological polar surface area (TPSA) is 178 Å². The Bertz CT molecular complexity index is 1570. The number of carbonyl (C=O) groups excluding carboxylic acids is 3. The fourth-order valence-corrected chi connectivity index (χ4v) is 4.13. The maximum Gasteiger partial charge on any atom is 0.338 e. The highest BCUT2D eigenvalue weighted by atomic mass is 16.5. The first-order chi connectivity index (χ1) is 20.2. The van der Waals surface area contributed by atoms with Crippen LogP contribution in [0.4, 0.5) is 4.79 Å². The van der Waals surface area contributed by atoms with Crippen LogP contribution in [0.25, 0.3) is 11.3 Å². The quantitative estimate of drug-likeness (QED) is 0.151. The number of benzene rings is 2. The first-order valence-corrected chi connectivity index (χ1v) is 12.7. The van der Waals surface area contributed by atoms with E-state index in [4.69, 9.17) is 23.7 Å². The third-order valence-corrected chi connectivity index (χ3v) is 6.05. The van der Waals surface area contributed by atoms with Gasteiger partial charge in [-0.3, -0.25) is 4.79 Å². The molecule has 0 radical (unpaired) electrons. The van der Waals surface area contributed by atoms with Crippen molar-refractivity contribution in [1.29, 1.82) is 0 Å². The SMILES string of the molecule is CCOC(=O)C1=C(C)NC(=O)N[C@H]1c1ccc(OCC(=O)N/N=C\c2ccc(-c3cccc(C(=O)O)c3)o2)c(OC)c1. The van der Waals surface area contributed by atoms with Gasteiger partial charge in [0.1, 0.15) is 11.5 Å². The van der Waals surface area contributed by atoms with Crippen molar-refractivity contribution in [2.24, 2.45) is 5.10 Å². The number of hydrogen-bond acceptors (Lipinski definition) is 9. The molecule has 0 unspecified atom stereocenters. The fourth-order valence-electron chi connectivity index (χ4n) is 4.13. The largest absolute Gasteiger partial charge is 0.493 e. The first kappa shape index (κ1) is 29.4. The number of nitrogens with one attached hydrogen (secondary N) is 3. The van der Waals surface area contributed by atoms with E-state index in [-0.39, 0.29) is 29.2 Å². The number of hydrogen-bond donors (Lipinski definition) is 4. The number of nitrogens with zero attached hydrogens (tertiary/aromatic N) is 1. The highest BCUT2D eigenvalue weighted by molar-refractivity contribution is 5.95. The van der Waals surface area contributed by atoms with Gasteiger partial charge in [-0.2, -0.15) is 5.10 Å².